The fourth-order valence-corrected chi connectivity index (χ4v) is 1.10. The van der Waals surface area contributed by atoms with Crippen LogP contribution in [0.25, 0.3) is 0 Å². The van der Waals surface area contributed by atoms with Gasteiger partial charge in [0, 0.05) is 19.2 Å². The average molecular weight is 190 g/mol. The van der Waals surface area contributed by atoms with Crippen molar-refractivity contribution in [3.63, 3.8) is 0 Å². The van der Waals surface area contributed by atoms with E-state index in [4.69, 9.17) is 0 Å². The molecule has 12 heavy (non-hydrogen) atoms. The molecule has 0 aromatic heterocycles. The van der Waals surface area contributed by atoms with Crippen LogP contribution in [0.5, 0.6) is 0 Å². The molecule has 0 aliphatic carbocycles. The molecule has 0 saturated heterocycles. The third-order valence-corrected chi connectivity index (χ3v) is 1.88. The topological polar surface area (TPSA) is 58.2 Å². The first-order valence-electron chi connectivity index (χ1n) is 3.71. The molecular formula is C7H14N2O2S. The van der Waals surface area contributed by atoms with Crippen LogP contribution in [0.3, 0.4) is 0 Å². The zero-order chi connectivity index (χ0) is 9.40. The van der Waals surface area contributed by atoms with Gasteiger partial charge in [0.2, 0.25) is 5.91 Å². The second-order valence-electron chi connectivity index (χ2n) is 2.22. The van der Waals surface area contributed by atoms with Gasteiger partial charge in [0.15, 0.2) is 5.12 Å². The molecule has 0 radical (unpaired) electrons. The summed E-state index contributed by atoms with van der Waals surface area (Å²) in [5.41, 5.74) is 0. The van der Waals surface area contributed by atoms with Crippen molar-refractivity contribution in [2.24, 2.45) is 0 Å². The summed E-state index contributed by atoms with van der Waals surface area (Å²) < 4.78 is 0. The van der Waals surface area contributed by atoms with Crippen LogP contribution in [0.2, 0.25) is 0 Å². The Morgan fingerprint density at radius 1 is 1.42 bits per heavy atom. The van der Waals surface area contributed by atoms with Crippen LogP contribution in [0.1, 0.15) is 6.92 Å². The quantitative estimate of drug-likeness (QED) is 0.579. The van der Waals surface area contributed by atoms with E-state index in [0.29, 0.717) is 18.8 Å². The summed E-state index contributed by atoms with van der Waals surface area (Å²) in [5.74, 6) is 0.604. The minimum Gasteiger partial charge on any atom is -0.354 e. The average Bonchev–Trinajstić information content (AvgIpc) is 1.98. The Hall–Kier alpha value is -0.550. The predicted molar refractivity (Wildman–Crippen MR) is 50.1 cm³/mol. The van der Waals surface area contributed by atoms with Gasteiger partial charge in [0.25, 0.3) is 0 Å². The number of nitrogens with one attached hydrogen (secondary N) is 2. The first-order chi connectivity index (χ1) is 5.66. The first-order valence-corrected chi connectivity index (χ1v) is 4.70. The molecule has 0 aliphatic heterocycles. The molecule has 0 spiro atoms. The van der Waals surface area contributed by atoms with Crippen molar-refractivity contribution in [3.8, 4) is 0 Å². The maximum atomic E-state index is 10.8. The fraction of sp³-hybridized carbons (Fsp3) is 0.714. The van der Waals surface area contributed by atoms with Gasteiger partial charge < -0.3 is 10.6 Å². The molecular weight excluding hydrogens is 176 g/mol. The van der Waals surface area contributed by atoms with Crippen LogP contribution in [-0.4, -0.2) is 36.9 Å². The van der Waals surface area contributed by atoms with Gasteiger partial charge in [-0.3, -0.25) is 9.59 Å². The van der Waals surface area contributed by atoms with Gasteiger partial charge in [-0.15, -0.1) is 0 Å². The molecule has 70 valence electrons. The summed E-state index contributed by atoms with van der Waals surface area (Å²) in [6.45, 7) is 2.38. The van der Waals surface area contributed by atoms with Crippen molar-refractivity contribution in [3.05, 3.63) is 0 Å². The number of hydrogen-bond donors (Lipinski definition) is 2. The number of rotatable bonds is 5. The van der Waals surface area contributed by atoms with Gasteiger partial charge in [-0.05, 0) is 7.05 Å². The van der Waals surface area contributed by atoms with Gasteiger partial charge in [0.05, 0.1) is 6.54 Å². The van der Waals surface area contributed by atoms with E-state index in [-0.39, 0.29) is 11.0 Å². The number of carbonyl (C=O) groups excluding carboxylic acids is 2. The Labute approximate surface area is 76.5 Å². The van der Waals surface area contributed by atoms with Crippen molar-refractivity contribution in [2.75, 3.05) is 25.9 Å². The van der Waals surface area contributed by atoms with E-state index in [0.717, 1.165) is 0 Å². The highest BCUT2D eigenvalue weighted by molar-refractivity contribution is 8.13. The molecule has 0 aromatic rings. The third kappa shape index (κ3) is 7.56. The molecule has 0 heterocycles. The standard InChI is InChI=1S/C7H14N2O2S/c1-6(10)12-4-3-9-7(11)5-8-2/h8H,3-5H2,1-2H3,(H,9,11). The van der Waals surface area contributed by atoms with Crippen LogP contribution in [0, 0.1) is 0 Å². The lowest BCUT2D eigenvalue weighted by molar-refractivity contribution is -0.120. The van der Waals surface area contributed by atoms with E-state index in [1.807, 2.05) is 0 Å². The highest BCUT2D eigenvalue weighted by Gasteiger charge is 1.98. The Morgan fingerprint density at radius 2 is 2.08 bits per heavy atom. The van der Waals surface area contributed by atoms with Crippen molar-refractivity contribution in [2.45, 2.75) is 6.92 Å². The van der Waals surface area contributed by atoms with Crippen LogP contribution in [-0.2, 0) is 9.59 Å². The number of amides is 1. The molecule has 0 atom stereocenters. The summed E-state index contributed by atoms with van der Waals surface area (Å²) in [6, 6.07) is 0. The molecule has 0 aliphatic rings. The van der Waals surface area contributed by atoms with Gasteiger partial charge in [-0.25, -0.2) is 0 Å². The first kappa shape index (κ1) is 11.4. The fourth-order valence-electron chi connectivity index (χ4n) is 0.608. The van der Waals surface area contributed by atoms with Gasteiger partial charge >= 0.3 is 0 Å². The van der Waals surface area contributed by atoms with Crippen LogP contribution < -0.4 is 10.6 Å². The van der Waals surface area contributed by atoms with E-state index in [1.165, 1.54) is 18.7 Å². The van der Waals surface area contributed by atoms with Crippen molar-refractivity contribution >= 4 is 22.8 Å². The minimum atomic E-state index is -0.0401. The molecule has 0 rings (SSSR count). The second kappa shape index (κ2) is 7.12. The normalized spacial score (nSPS) is 9.50. The summed E-state index contributed by atoms with van der Waals surface area (Å²) in [7, 11) is 1.71. The molecule has 0 bridgehead atoms. The van der Waals surface area contributed by atoms with E-state index in [2.05, 4.69) is 10.6 Å². The van der Waals surface area contributed by atoms with Gasteiger partial charge in [-0.1, -0.05) is 11.8 Å². The molecule has 5 heteroatoms. The number of likely N-dealkylation sites (N-methyl/N-ethyl adjacent to an activating group) is 1. The molecule has 1 amide bonds. The maximum Gasteiger partial charge on any atom is 0.233 e. The van der Waals surface area contributed by atoms with Crippen molar-refractivity contribution in [1.82, 2.24) is 10.6 Å². The Bertz CT molecular complexity index is 161. The van der Waals surface area contributed by atoms with Crippen LogP contribution >= 0.6 is 11.8 Å². The molecule has 2 N–H and O–H groups in total. The SMILES string of the molecule is CNCC(=O)NCCSC(C)=O. The number of thioether (sulfide) groups is 1. The van der Waals surface area contributed by atoms with Crippen LogP contribution in [0.15, 0.2) is 0 Å². The summed E-state index contributed by atoms with van der Waals surface area (Å²) >= 11 is 1.22. The van der Waals surface area contributed by atoms with Crippen molar-refractivity contribution in [1.29, 1.82) is 0 Å². The minimum absolute atomic E-state index is 0.0401. The number of carbonyl (C=O) groups is 2. The third-order valence-electron chi connectivity index (χ3n) is 1.07. The zero-order valence-corrected chi connectivity index (χ0v) is 8.16. The molecule has 0 saturated carbocycles. The maximum absolute atomic E-state index is 10.8. The van der Waals surface area contributed by atoms with E-state index >= 15 is 0 Å². The lowest BCUT2D eigenvalue weighted by Crippen LogP contribution is -2.33. The van der Waals surface area contributed by atoms with Gasteiger partial charge in [-0.2, -0.15) is 0 Å². The molecule has 0 aromatic carbocycles. The highest BCUT2D eigenvalue weighted by Crippen LogP contribution is 1.97. The Balaban J connectivity index is 3.19. The zero-order valence-electron chi connectivity index (χ0n) is 7.35. The molecule has 4 nitrogen and oxygen atoms in total. The lowest BCUT2D eigenvalue weighted by atomic mass is 10.5. The van der Waals surface area contributed by atoms with Crippen molar-refractivity contribution < 1.29 is 9.59 Å². The van der Waals surface area contributed by atoms with E-state index in [9.17, 15) is 9.59 Å². The van der Waals surface area contributed by atoms with Gasteiger partial charge in [0.1, 0.15) is 0 Å². The summed E-state index contributed by atoms with van der Waals surface area (Å²) in [4.78, 5) is 21.3. The molecule has 0 unspecified atom stereocenters. The monoisotopic (exact) mass is 190 g/mol. The Kier molecular flexibility index (Phi) is 6.79. The highest BCUT2D eigenvalue weighted by atomic mass is 32.2. The smallest absolute Gasteiger partial charge is 0.233 e. The lowest BCUT2D eigenvalue weighted by Gasteiger charge is -2.02. The van der Waals surface area contributed by atoms with E-state index < -0.39 is 0 Å². The van der Waals surface area contributed by atoms with E-state index in [1.54, 1.807) is 7.05 Å². The van der Waals surface area contributed by atoms with Crippen LogP contribution in [0.4, 0.5) is 0 Å². The Morgan fingerprint density at radius 3 is 2.58 bits per heavy atom. The number of hydrogen-bond acceptors (Lipinski definition) is 4. The summed E-state index contributed by atoms with van der Waals surface area (Å²) in [5, 5.41) is 5.48. The second-order valence-corrected chi connectivity index (χ2v) is 3.49. The summed E-state index contributed by atoms with van der Waals surface area (Å²) in [6.07, 6.45) is 0. The molecule has 0 fully saturated rings. The largest absolute Gasteiger partial charge is 0.354 e. The predicted octanol–water partition coefficient (Wildman–Crippen LogP) is -0.398.